The van der Waals surface area contributed by atoms with Crippen LogP contribution in [0.5, 0.6) is 0 Å². The first-order valence-corrected chi connectivity index (χ1v) is 21.6. The molecular weight excluding hydrogens is 753 g/mol. The molecule has 294 valence electrons. The fraction of sp³-hybridized carbons (Fsp3) is 0.0690. The van der Waals surface area contributed by atoms with Crippen LogP contribution in [0.2, 0.25) is 0 Å². The van der Waals surface area contributed by atoms with E-state index in [0.717, 1.165) is 45.5 Å². The van der Waals surface area contributed by atoms with E-state index in [4.69, 9.17) is 9.98 Å². The summed E-state index contributed by atoms with van der Waals surface area (Å²) in [5.74, 6) is 1.10. The van der Waals surface area contributed by atoms with Crippen LogP contribution in [0.15, 0.2) is 228 Å². The quantitative estimate of drug-likeness (QED) is 0.161. The molecule has 0 spiro atoms. The number of benzene rings is 8. The van der Waals surface area contributed by atoms with Crippen molar-refractivity contribution in [3.8, 4) is 27.9 Å². The van der Waals surface area contributed by atoms with E-state index >= 15 is 0 Å². The Morgan fingerprint density at radius 2 is 0.952 bits per heavy atom. The second-order valence-corrected chi connectivity index (χ2v) is 16.5. The second kappa shape index (κ2) is 15.0. The van der Waals surface area contributed by atoms with Crippen molar-refractivity contribution in [1.82, 2.24) is 9.13 Å². The number of hydrogen-bond acceptors (Lipinski definition) is 2. The molecule has 4 nitrogen and oxygen atoms in total. The van der Waals surface area contributed by atoms with Crippen molar-refractivity contribution in [2.45, 2.75) is 24.8 Å². The van der Waals surface area contributed by atoms with Gasteiger partial charge in [0, 0.05) is 39.6 Å². The van der Waals surface area contributed by atoms with Crippen LogP contribution in [0, 0.1) is 0 Å². The van der Waals surface area contributed by atoms with Crippen LogP contribution in [0.25, 0.3) is 71.6 Å². The maximum Gasteiger partial charge on any atom is 0.230 e. The summed E-state index contributed by atoms with van der Waals surface area (Å²) in [6, 6.07) is 70.3. The molecule has 1 aliphatic heterocycles. The van der Waals surface area contributed by atoms with E-state index in [0.29, 0.717) is 18.3 Å². The van der Waals surface area contributed by atoms with Gasteiger partial charge in [-0.05, 0) is 81.8 Å². The van der Waals surface area contributed by atoms with Gasteiger partial charge in [0.25, 0.3) is 0 Å². The molecule has 0 fully saturated rings. The van der Waals surface area contributed by atoms with Crippen molar-refractivity contribution in [3.63, 3.8) is 0 Å². The molecule has 2 aliphatic rings. The predicted octanol–water partition coefficient (Wildman–Crippen LogP) is 14.7. The largest absolute Gasteiger partial charge is 0.309 e. The Bertz CT molecular complexity index is 3440. The van der Waals surface area contributed by atoms with Crippen LogP contribution < -0.4 is 0 Å². The van der Waals surface area contributed by atoms with Crippen LogP contribution >= 0.6 is 0 Å². The lowest BCUT2D eigenvalue weighted by Crippen LogP contribution is -2.21. The van der Waals surface area contributed by atoms with Crippen molar-refractivity contribution in [1.29, 1.82) is 0 Å². The van der Waals surface area contributed by atoms with Crippen LogP contribution in [0.1, 0.15) is 41.5 Å². The first-order chi connectivity index (χ1) is 30.7. The van der Waals surface area contributed by atoms with Crippen LogP contribution in [-0.2, 0) is 0 Å². The Morgan fingerprint density at radius 1 is 0.419 bits per heavy atom. The zero-order chi connectivity index (χ0) is 41.0. The first kappa shape index (κ1) is 36.1. The molecule has 1 aliphatic carbocycles. The molecule has 0 bridgehead atoms. The van der Waals surface area contributed by atoms with Gasteiger partial charge in [-0.1, -0.05) is 182 Å². The lowest BCUT2D eigenvalue weighted by Gasteiger charge is -2.23. The van der Waals surface area contributed by atoms with Gasteiger partial charge >= 0.3 is 0 Å². The van der Waals surface area contributed by atoms with Crippen molar-refractivity contribution in [3.05, 3.63) is 235 Å². The average Bonchev–Trinajstić information content (AvgIpc) is 3.87. The van der Waals surface area contributed by atoms with Gasteiger partial charge in [-0.25, -0.2) is 9.98 Å². The van der Waals surface area contributed by atoms with Crippen LogP contribution in [-0.4, -0.2) is 20.8 Å². The minimum Gasteiger partial charge on any atom is -0.309 e. The van der Waals surface area contributed by atoms with E-state index in [9.17, 15) is 0 Å². The molecule has 2 aromatic heterocycles. The van der Waals surface area contributed by atoms with Gasteiger partial charge in [0.1, 0.15) is 0 Å². The smallest absolute Gasteiger partial charge is 0.230 e. The SMILES string of the molecule is C1=CCC(c2ccc(C3CC(c4ccc(-c5ccccc5)cc4)=NC(n4c5ccccc5c5ccc(-c6ccc7c8ccccc8n(-c8ccccc8)c7c6)cc54)=N3)cc2)C=C1. The Labute approximate surface area is 360 Å². The lowest BCUT2D eigenvalue weighted by atomic mass is 9.90. The summed E-state index contributed by atoms with van der Waals surface area (Å²) in [6.07, 6.45) is 10.6. The lowest BCUT2D eigenvalue weighted by molar-refractivity contribution is 0.743. The Hall–Kier alpha value is -7.82. The predicted molar refractivity (Wildman–Crippen MR) is 260 cm³/mol. The van der Waals surface area contributed by atoms with Crippen molar-refractivity contribution >= 4 is 55.3 Å². The molecule has 0 saturated heterocycles. The van der Waals surface area contributed by atoms with Gasteiger partial charge in [-0.2, -0.15) is 0 Å². The van der Waals surface area contributed by atoms with E-state index < -0.39 is 0 Å². The van der Waals surface area contributed by atoms with Crippen molar-refractivity contribution in [2.75, 3.05) is 0 Å². The number of allylic oxidation sites excluding steroid dienone is 4. The monoisotopic (exact) mass is 794 g/mol. The standard InChI is InChI=1S/C58H42N4/c1-4-14-39(15-5-1)41-24-28-43(29-25-41)52-38-53(44-30-26-42(27-31-44)40-16-6-2-7-17-40)60-58(59-52)62-55-23-13-11-21-49(55)51-35-33-46(37-57(51)62)45-32-34-50-48-20-10-12-22-54(48)61(56(50)36-45)47-18-8-3-9-19-47/h1-16,18-37,40,53H,17,38H2. The normalized spacial score (nSPS) is 16.3. The summed E-state index contributed by atoms with van der Waals surface area (Å²) in [7, 11) is 0. The van der Waals surface area contributed by atoms with Gasteiger partial charge in [0.05, 0.1) is 33.8 Å². The molecule has 12 rings (SSSR count). The van der Waals surface area contributed by atoms with E-state index in [1.807, 2.05) is 0 Å². The highest BCUT2D eigenvalue weighted by molar-refractivity contribution is 6.18. The number of hydrogen-bond donors (Lipinski definition) is 0. The van der Waals surface area contributed by atoms with Crippen molar-refractivity contribution in [2.24, 2.45) is 9.98 Å². The van der Waals surface area contributed by atoms with Crippen molar-refractivity contribution < 1.29 is 0 Å². The zero-order valence-electron chi connectivity index (χ0n) is 34.1. The highest BCUT2D eigenvalue weighted by Gasteiger charge is 2.25. The summed E-state index contributed by atoms with van der Waals surface area (Å²) in [6.45, 7) is 0. The first-order valence-electron chi connectivity index (χ1n) is 21.6. The number of fused-ring (bicyclic) bond motifs is 6. The van der Waals surface area contributed by atoms with Crippen LogP contribution in [0.4, 0.5) is 0 Å². The number of aromatic nitrogens is 2. The molecule has 10 aromatic rings. The Kier molecular flexibility index (Phi) is 8.74. The molecule has 8 aromatic carbocycles. The molecule has 0 saturated carbocycles. The van der Waals surface area contributed by atoms with Gasteiger partial charge in [0.2, 0.25) is 5.96 Å². The molecule has 3 heterocycles. The summed E-state index contributed by atoms with van der Waals surface area (Å²) in [5, 5.41) is 4.85. The Morgan fingerprint density at radius 3 is 1.61 bits per heavy atom. The maximum atomic E-state index is 5.55. The highest BCUT2D eigenvalue weighted by atomic mass is 15.2. The molecule has 0 radical (unpaired) electrons. The molecule has 62 heavy (non-hydrogen) atoms. The summed E-state index contributed by atoms with van der Waals surface area (Å²) in [5.41, 5.74) is 15.1. The summed E-state index contributed by atoms with van der Waals surface area (Å²) in [4.78, 5) is 11.0. The number of nitrogens with zero attached hydrogens (tertiary/aromatic N) is 4. The van der Waals surface area contributed by atoms with E-state index in [1.165, 1.54) is 54.8 Å². The fourth-order valence-electron chi connectivity index (χ4n) is 9.70. The molecular formula is C58H42N4. The third-order valence-electron chi connectivity index (χ3n) is 12.8. The van der Waals surface area contributed by atoms with Gasteiger partial charge in [-0.3, -0.25) is 4.57 Å². The molecule has 0 amide bonds. The molecule has 2 atom stereocenters. The van der Waals surface area contributed by atoms with Gasteiger partial charge in [0.15, 0.2) is 0 Å². The zero-order valence-corrected chi connectivity index (χ0v) is 34.1. The summed E-state index contributed by atoms with van der Waals surface area (Å²) < 4.78 is 4.68. The van der Waals surface area contributed by atoms with Crippen LogP contribution in [0.3, 0.4) is 0 Å². The van der Waals surface area contributed by atoms with E-state index in [-0.39, 0.29) is 6.04 Å². The molecule has 0 N–H and O–H groups in total. The molecule has 2 unspecified atom stereocenters. The third kappa shape index (κ3) is 6.22. The van der Waals surface area contributed by atoms with Gasteiger partial charge < -0.3 is 4.57 Å². The summed E-state index contributed by atoms with van der Waals surface area (Å²) >= 11 is 0. The Balaban J connectivity index is 1.01. The van der Waals surface area contributed by atoms with E-state index in [2.05, 4.69) is 228 Å². The minimum atomic E-state index is -0.108. The third-order valence-corrected chi connectivity index (χ3v) is 12.8. The number of rotatable bonds is 6. The number of para-hydroxylation sites is 3. The minimum absolute atomic E-state index is 0.108. The topological polar surface area (TPSA) is 34.6 Å². The highest BCUT2D eigenvalue weighted by Crippen LogP contribution is 2.39. The average molecular weight is 795 g/mol. The number of aliphatic imine (C=N–C) groups is 2. The van der Waals surface area contributed by atoms with Gasteiger partial charge in [-0.15, -0.1) is 0 Å². The second-order valence-electron chi connectivity index (χ2n) is 16.5. The van der Waals surface area contributed by atoms with E-state index in [1.54, 1.807) is 0 Å². The molecule has 4 heteroatoms. The maximum absolute atomic E-state index is 5.55. The fourth-order valence-corrected chi connectivity index (χ4v) is 9.70.